The summed E-state index contributed by atoms with van der Waals surface area (Å²) in [5.74, 6) is 1.65. The number of nitro benzene ring substituents is 1. The van der Waals surface area contributed by atoms with Gasteiger partial charge in [0, 0.05) is 0 Å². The highest BCUT2D eigenvalue weighted by atomic mass is 35.5. The molecule has 1 aromatic carbocycles. The SMILES string of the molecule is C#CC(CCC)Nc1cc(Cl)c(F)cc1[N+](=O)[O-]. The zero-order chi connectivity index (χ0) is 13.7. The van der Waals surface area contributed by atoms with Crippen LogP contribution in [0.5, 0.6) is 0 Å². The molecule has 0 aromatic heterocycles. The molecule has 1 aromatic rings. The molecule has 0 bridgehead atoms. The molecule has 0 radical (unpaired) electrons. The van der Waals surface area contributed by atoms with E-state index in [1.54, 1.807) is 0 Å². The number of nitrogens with one attached hydrogen (secondary N) is 1. The first-order valence-electron chi connectivity index (χ1n) is 5.35. The molecule has 1 rings (SSSR count). The second-order valence-electron chi connectivity index (χ2n) is 3.69. The molecule has 1 N–H and O–H groups in total. The smallest absolute Gasteiger partial charge is 0.295 e. The molecule has 4 nitrogen and oxygen atoms in total. The average molecular weight is 271 g/mol. The van der Waals surface area contributed by atoms with Gasteiger partial charge >= 0.3 is 0 Å². The lowest BCUT2D eigenvalue weighted by Crippen LogP contribution is -2.17. The summed E-state index contributed by atoms with van der Waals surface area (Å²) in [6.45, 7) is 1.94. The summed E-state index contributed by atoms with van der Waals surface area (Å²) in [4.78, 5) is 10.1. The highest BCUT2D eigenvalue weighted by Gasteiger charge is 2.19. The van der Waals surface area contributed by atoms with Crippen molar-refractivity contribution in [3.63, 3.8) is 0 Å². The van der Waals surface area contributed by atoms with Crippen molar-refractivity contribution in [2.24, 2.45) is 0 Å². The van der Waals surface area contributed by atoms with Crippen molar-refractivity contribution in [2.45, 2.75) is 25.8 Å². The molecule has 0 saturated carbocycles. The Balaban J connectivity index is 3.11. The Kier molecular flexibility index (Phi) is 4.93. The van der Waals surface area contributed by atoms with E-state index in [9.17, 15) is 14.5 Å². The first kappa shape index (κ1) is 14.3. The van der Waals surface area contributed by atoms with Crippen molar-refractivity contribution in [1.29, 1.82) is 0 Å². The van der Waals surface area contributed by atoms with E-state index in [1.807, 2.05) is 6.92 Å². The minimum absolute atomic E-state index is 0.128. The highest BCUT2D eigenvalue weighted by Crippen LogP contribution is 2.31. The Labute approximate surface area is 109 Å². The molecule has 96 valence electrons. The van der Waals surface area contributed by atoms with Crippen LogP contribution in [0.3, 0.4) is 0 Å². The maximum atomic E-state index is 13.2. The van der Waals surface area contributed by atoms with Gasteiger partial charge in [-0.25, -0.2) is 4.39 Å². The normalized spacial score (nSPS) is 11.7. The van der Waals surface area contributed by atoms with Crippen LogP contribution in [-0.2, 0) is 0 Å². The van der Waals surface area contributed by atoms with Crippen LogP contribution in [0, 0.1) is 28.3 Å². The third kappa shape index (κ3) is 3.34. The van der Waals surface area contributed by atoms with Gasteiger partial charge in [0.2, 0.25) is 0 Å². The van der Waals surface area contributed by atoms with Crippen molar-refractivity contribution in [2.75, 3.05) is 5.32 Å². The summed E-state index contributed by atoms with van der Waals surface area (Å²) in [5, 5.41) is 13.5. The van der Waals surface area contributed by atoms with E-state index in [0.717, 1.165) is 12.5 Å². The first-order valence-corrected chi connectivity index (χ1v) is 5.73. The second-order valence-corrected chi connectivity index (χ2v) is 4.10. The molecule has 0 amide bonds. The van der Waals surface area contributed by atoms with Crippen molar-refractivity contribution in [3.05, 3.63) is 33.1 Å². The molecule has 1 unspecified atom stereocenters. The van der Waals surface area contributed by atoms with E-state index in [0.29, 0.717) is 6.42 Å². The number of hydrogen-bond acceptors (Lipinski definition) is 3. The van der Waals surface area contributed by atoms with Crippen molar-refractivity contribution in [3.8, 4) is 12.3 Å². The molecule has 0 saturated heterocycles. The van der Waals surface area contributed by atoms with E-state index in [4.69, 9.17) is 18.0 Å². The molecule has 6 heteroatoms. The number of rotatable bonds is 5. The van der Waals surface area contributed by atoms with Gasteiger partial charge in [0.15, 0.2) is 0 Å². The number of anilines is 1. The molecule has 0 heterocycles. The largest absolute Gasteiger partial charge is 0.366 e. The molecular formula is C12H12ClFN2O2. The number of benzene rings is 1. The molecular weight excluding hydrogens is 259 g/mol. The fraction of sp³-hybridized carbons (Fsp3) is 0.333. The molecule has 0 spiro atoms. The van der Waals surface area contributed by atoms with Crippen LogP contribution in [0.4, 0.5) is 15.8 Å². The lowest BCUT2D eigenvalue weighted by atomic mass is 10.1. The average Bonchev–Trinajstić information content (AvgIpc) is 2.32. The van der Waals surface area contributed by atoms with Crippen molar-refractivity contribution >= 4 is 23.0 Å². The second kappa shape index (κ2) is 6.22. The minimum atomic E-state index is -0.832. The molecule has 0 fully saturated rings. The quantitative estimate of drug-likeness (QED) is 0.505. The van der Waals surface area contributed by atoms with Gasteiger partial charge in [0.1, 0.15) is 11.5 Å². The Morgan fingerprint density at radius 3 is 2.83 bits per heavy atom. The standard InChI is InChI=1S/C12H12ClFN2O2/c1-3-5-8(4-2)15-11-6-9(13)10(14)7-12(11)16(17)18/h2,6-8,15H,3,5H2,1H3. The van der Waals surface area contributed by atoms with Crippen LogP contribution in [0.15, 0.2) is 12.1 Å². The summed E-state index contributed by atoms with van der Waals surface area (Å²) in [6, 6.07) is 1.61. The summed E-state index contributed by atoms with van der Waals surface area (Å²) in [5.41, 5.74) is -0.254. The predicted molar refractivity (Wildman–Crippen MR) is 69.2 cm³/mol. The molecule has 0 aliphatic rings. The van der Waals surface area contributed by atoms with Crippen LogP contribution in [0.1, 0.15) is 19.8 Å². The van der Waals surface area contributed by atoms with Gasteiger partial charge < -0.3 is 5.32 Å². The van der Waals surface area contributed by atoms with Gasteiger partial charge in [-0.1, -0.05) is 30.9 Å². The monoisotopic (exact) mass is 270 g/mol. The lowest BCUT2D eigenvalue weighted by molar-refractivity contribution is -0.384. The third-order valence-corrected chi connectivity index (χ3v) is 2.63. The topological polar surface area (TPSA) is 55.2 Å². The van der Waals surface area contributed by atoms with Gasteiger partial charge in [-0.3, -0.25) is 10.1 Å². The van der Waals surface area contributed by atoms with Crippen LogP contribution < -0.4 is 5.32 Å². The Morgan fingerprint density at radius 1 is 1.67 bits per heavy atom. The number of nitro groups is 1. The molecule has 18 heavy (non-hydrogen) atoms. The first-order chi connectivity index (χ1) is 8.49. The summed E-state index contributed by atoms with van der Waals surface area (Å²) < 4.78 is 13.2. The summed E-state index contributed by atoms with van der Waals surface area (Å²) in [7, 11) is 0. The van der Waals surface area contributed by atoms with E-state index in [-0.39, 0.29) is 22.4 Å². The van der Waals surface area contributed by atoms with Gasteiger partial charge in [0.05, 0.1) is 22.1 Å². The lowest BCUT2D eigenvalue weighted by Gasteiger charge is -2.14. The van der Waals surface area contributed by atoms with E-state index >= 15 is 0 Å². The number of nitrogens with zero attached hydrogens (tertiary/aromatic N) is 1. The zero-order valence-corrected chi connectivity index (χ0v) is 10.5. The maximum absolute atomic E-state index is 13.2. The highest BCUT2D eigenvalue weighted by molar-refractivity contribution is 6.31. The van der Waals surface area contributed by atoms with Gasteiger partial charge in [0.25, 0.3) is 5.69 Å². The van der Waals surface area contributed by atoms with Crippen molar-refractivity contribution in [1.82, 2.24) is 0 Å². The fourth-order valence-electron chi connectivity index (χ4n) is 1.48. The predicted octanol–water partition coefficient (Wildman–Crippen LogP) is 3.60. The minimum Gasteiger partial charge on any atom is -0.366 e. The summed E-state index contributed by atoms with van der Waals surface area (Å²) >= 11 is 5.60. The molecule has 0 aliphatic heterocycles. The number of terminal acetylenes is 1. The van der Waals surface area contributed by atoms with Crippen LogP contribution in [-0.4, -0.2) is 11.0 Å². The van der Waals surface area contributed by atoms with Crippen LogP contribution in [0.25, 0.3) is 0 Å². The number of hydrogen-bond donors (Lipinski definition) is 1. The van der Waals surface area contributed by atoms with Crippen LogP contribution >= 0.6 is 11.6 Å². The van der Waals surface area contributed by atoms with Crippen molar-refractivity contribution < 1.29 is 9.31 Å². The third-order valence-electron chi connectivity index (χ3n) is 2.34. The maximum Gasteiger partial charge on any atom is 0.295 e. The van der Waals surface area contributed by atoms with E-state index < -0.39 is 10.7 Å². The van der Waals surface area contributed by atoms with Gasteiger partial charge in [-0.15, -0.1) is 6.42 Å². The molecule has 0 aliphatic carbocycles. The summed E-state index contributed by atoms with van der Waals surface area (Å²) in [6.07, 6.45) is 6.79. The van der Waals surface area contributed by atoms with Gasteiger partial charge in [-0.05, 0) is 12.5 Å². The Morgan fingerprint density at radius 2 is 2.33 bits per heavy atom. The Hall–Kier alpha value is -1.80. The van der Waals surface area contributed by atoms with E-state index in [1.165, 1.54) is 6.07 Å². The Bertz CT molecular complexity index is 500. The zero-order valence-electron chi connectivity index (χ0n) is 9.74. The van der Waals surface area contributed by atoms with E-state index in [2.05, 4.69) is 11.2 Å². The van der Waals surface area contributed by atoms with Gasteiger partial charge in [-0.2, -0.15) is 0 Å². The van der Waals surface area contributed by atoms with Crippen LogP contribution in [0.2, 0.25) is 5.02 Å². The fourth-order valence-corrected chi connectivity index (χ4v) is 1.64. The molecule has 1 atom stereocenters. The number of halogens is 2.